The number of urea groups is 1. The zero-order valence-electron chi connectivity index (χ0n) is 17.7. The summed E-state index contributed by atoms with van der Waals surface area (Å²) in [6, 6.07) is 15.8. The van der Waals surface area contributed by atoms with Crippen molar-refractivity contribution in [2.24, 2.45) is 0 Å². The number of aromatic nitrogens is 2. The van der Waals surface area contributed by atoms with E-state index in [1.54, 1.807) is 0 Å². The Labute approximate surface area is 199 Å². The summed E-state index contributed by atoms with van der Waals surface area (Å²) in [4.78, 5) is 22.1. The van der Waals surface area contributed by atoms with Crippen LogP contribution >= 0.6 is 27.5 Å². The quantitative estimate of drug-likeness (QED) is 0.361. The molecule has 0 spiro atoms. The van der Waals surface area contributed by atoms with Gasteiger partial charge in [0.1, 0.15) is 0 Å². The van der Waals surface area contributed by atoms with Crippen LogP contribution in [0.25, 0.3) is 16.6 Å². The summed E-state index contributed by atoms with van der Waals surface area (Å²) < 4.78 is 3.19. The average molecular weight is 513 g/mol. The van der Waals surface area contributed by atoms with Gasteiger partial charge in [-0.3, -0.25) is 0 Å². The minimum absolute atomic E-state index is 0.0968. The molecule has 0 radical (unpaired) electrons. The Morgan fingerprint density at radius 3 is 2.81 bits per heavy atom. The molecule has 2 aromatic carbocycles. The Balaban J connectivity index is 1.38. The molecule has 0 unspecified atom stereocenters. The van der Waals surface area contributed by atoms with E-state index in [0.29, 0.717) is 18.1 Å². The molecule has 0 aliphatic carbocycles. The number of hydrogen-bond acceptors (Lipinski definition) is 3. The lowest BCUT2D eigenvalue weighted by Crippen LogP contribution is -2.38. The van der Waals surface area contributed by atoms with Crippen molar-refractivity contribution in [2.75, 3.05) is 36.4 Å². The first-order chi connectivity index (χ1) is 15.5. The van der Waals surface area contributed by atoms with E-state index in [0.717, 1.165) is 57.6 Å². The number of fused-ring (bicyclic) bond motifs is 3. The van der Waals surface area contributed by atoms with Crippen LogP contribution < -0.4 is 10.2 Å². The van der Waals surface area contributed by atoms with Gasteiger partial charge in [-0.05, 0) is 61.4 Å². The highest BCUT2D eigenvalue weighted by Crippen LogP contribution is 2.28. The van der Waals surface area contributed by atoms with Crippen molar-refractivity contribution < 1.29 is 4.79 Å². The van der Waals surface area contributed by atoms with Gasteiger partial charge >= 0.3 is 6.03 Å². The first-order valence-corrected chi connectivity index (χ1v) is 11.8. The Kier molecular flexibility index (Phi) is 5.69. The maximum atomic E-state index is 12.9. The zero-order chi connectivity index (χ0) is 22.2. The third kappa shape index (κ3) is 3.91. The van der Waals surface area contributed by atoms with E-state index in [9.17, 15) is 4.79 Å². The molecule has 1 N–H and O–H groups in total. The van der Waals surface area contributed by atoms with Crippen LogP contribution in [-0.4, -0.2) is 46.5 Å². The van der Waals surface area contributed by atoms with E-state index in [4.69, 9.17) is 16.6 Å². The lowest BCUT2D eigenvalue weighted by atomic mass is 10.2. The van der Waals surface area contributed by atoms with Crippen LogP contribution in [-0.2, 0) is 0 Å². The van der Waals surface area contributed by atoms with Crippen molar-refractivity contribution in [3.8, 4) is 0 Å². The predicted octanol–water partition coefficient (Wildman–Crippen LogP) is 5.96. The van der Waals surface area contributed by atoms with E-state index >= 15 is 0 Å². The van der Waals surface area contributed by atoms with E-state index in [1.165, 1.54) is 0 Å². The van der Waals surface area contributed by atoms with Gasteiger partial charge < -0.3 is 19.5 Å². The average Bonchev–Trinajstić information content (AvgIpc) is 3.14. The summed E-state index contributed by atoms with van der Waals surface area (Å²) in [6.07, 6.45) is 2.94. The minimum atomic E-state index is -0.0968. The Hall–Kier alpha value is -2.77. The number of amides is 2. The second kappa shape index (κ2) is 8.64. The molecule has 8 heteroatoms. The predicted molar refractivity (Wildman–Crippen MR) is 134 cm³/mol. The molecule has 0 saturated carbocycles. The van der Waals surface area contributed by atoms with Gasteiger partial charge in [-0.25, -0.2) is 9.78 Å². The molecule has 5 rings (SSSR count). The second-order valence-electron chi connectivity index (χ2n) is 8.00. The molecule has 1 aliphatic rings. The van der Waals surface area contributed by atoms with Gasteiger partial charge in [0.05, 0.1) is 16.6 Å². The number of benzene rings is 2. The van der Waals surface area contributed by atoms with Crippen LogP contribution in [0, 0.1) is 6.92 Å². The number of nitrogens with zero attached hydrogens (tertiary/aromatic N) is 4. The summed E-state index contributed by atoms with van der Waals surface area (Å²) in [5.74, 6) is 0.952. The molecule has 2 aromatic heterocycles. The van der Waals surface area contributed by atoms with Gasteiger partial charge in [0.15, 0.2) is 5.82 Å². The molecule has 6 nitrogen and oxygen atoms in total. The van der Waals surface area contributed by atoms with Gasteiger partial charge in [-0.15, -0.1) is 0 Å². The van der Waals surface area contributed by atoms with Crippen LogP contribution in [0.3, 0.4) is 0 Å². The standard InChI is InChI=1S/C24H23BrClN5O/c1-16-18(26)5-2-6-19(16)28-24(32)30-11-4-10-29(13-14-30)23-22-7-3-12-31(22)21-9-8-17(25)15-20(21)27-23/h2-3,5-9,12,15H,4,10-11,13-14H2,1H3,(H,28,32). The van der Waals surface area contributed by atoms with Crippen molar-refractivity contribution in [1.29, 1.82) is 0 Å². The van der Waals surface area contributed by atoms with E-state index in [1.807, 2.05) is 48.2 Å². The lowest BCUT2D eigenvalue weighted by Gasteiger charge is -2.24. The Bertz CT molecular complexity index is 1320. The normalized spacial score (nSPS) is 14.7. The topological polar surface area (TPSA) is 52.9 Å². The number of carbonyl (C=O) groups excluding carboxylic acids is 1. The third-order valence-corrected chi connectivity index (χ3v) is 6.90. The van der Waals surface area contributed by atoms with Crippen LogP contribution in [0.5, 0.6) is 0 Å². The largest absolute Gasteiger partial charge is 0.353 e. The van der Waals surface area contributed by atoms with E-state index in [2.05, 4.69) is 48.9 Å². The highest BCUT2D eigenvalue weighted by atomic mass is 79.9. The molecule has 1 saturated heterocycles. The molecule has 1 fully saturated rings. The summed E-state index contributed by atoms with van der Waals surface area (Å²) >= 11 is 9.76. The molecular weight excluding hydrogens is 490 g/mol. The zero-order valence-corrected chi connectivity index (χ0v) is 20.0. The van der Waals surface area contributed by atoms with Gasteiger partial charge in [-0.1, -0.05) is 33.6 Å². The van der Waals surface area contributed by atoms with E-state index < -0.39 is 0 Å². The van der Waals surface area contributed by atoms with Crippen LogP contribution in [0.15, 0.2) is 59.2 Å². The molecule has 0 atom stereocenters. The van der Waals surface area contributed by atoms with Gasteiger partial charge in [0, 0.05) is 47.6 Å². The first kappa shape index (κ1) is 21.1. The highest BCUT2D eigenvalue weighted by molar-refractivity contribution is 9.10. The number of rotatable bonds is 2. The molecule has 3 heterocycles. The van der Waals surface area contributed by atoms with Crippen molar-refractivity contribution in [1.82, 2.24) is 14.3 Å². The first-order valence-electron chi connectivity index (χ1n) is 10.6. The SMILES string of the molecule is Cc1c(Cl)cccc1NC(=O)N1CCCN(c2nc3cc(Br)ccc3n3cccc23)CC1. The Morgan fingerprint density at radius 2 is 1.94 bits per heavy atom. The summed E-state index contributed by atoms with van der Waals surface area (Å²) in [6.45, 7) is 4.78. The monoisotopic (exact) mass is 511 g/mol. The number of nitrogens with one attached hydrogen (secondary N) is 1. The fraction of sp³-hybridized carbons (Fsp3) is 0.250. The molecule has 1 aliphatic heterocycles. The smallest absolute Gasteiger partial charge is 0.321 e. The maximum Gasteiger partial charge on any atom is 0.321 e. The van der Waals surface area contributed by atoms with Crippen molar-refractivity contribution in [2.45, 2.75) is 13.3 Å². The minimum Gasteiger partial charge on any atom is -0.353 e. The summed E-state index contributed by atoms with van der Waals surface area (Å²) in [5.41, 5.74) is 4.71. The third-order valence-electron chi connectivity index (χ3n) is 5.99. The van der Waals surface area contributed by atoms with Crippen LogP contribution in [0.4, 0.5) is 16.3 Å². The number of anilines is 2. The van der Waals surface area contributed by atoms with Crippen molar-refractivity contribution >= 4 is 61.6 Å². The highest BCUT2D eigenvalue weighted by Gasteiger charge is 2.22. The fourth-order valence-electron chi connectivity index (χ4n) is 4.24. The summed E-state index contributed by atoms with van der Waals surface area (Å²) in [5, 5.41) is 3.67. The fourth-order valence-corrected chi connectivity index (χ4v) is 4.76. The van der Waals surface area contributed by atoms with Crippen molar-refractivity contribution in [3.05, 3.63) is 69.8 Å². The Morgan fingerprint density at radius 1 is 1.06 bits per heavy atom. The number of carbonyl (C=O) groups is 1. The molecule has 2 amide bonds. The lowest BCUT2D eigenvalue weighted by molar-refractivity contribution is 0.215. The molecule has 164 valence electrons. The van der Waals surface area contributed by atoms with Gasteiger partial charge in [-0.2, -0.15) is 0 Å². The molecule has 4 aromatic rings. The van der Waals surface area contributed by atoms with Crippen LogP contribution in [0.1, 0.15) is 12.0 Å². The number of hydrogen-bond donors (Lipinski definition) is 1. The van der Waals surface area contributed by atoms with Crippen LogP contribution in [0.2, 0.25) is 5.02 Å². The number of halogens is 2. The summed E-state index contributed by atoms with van der Waals surface area (Å²) in [7, 11) is 0. The van der Waals surface area contributed by atoms with Gasteiger partial charge in [0.2, 0.25) is 0 Å². The molecule has 32 heavy (non-hydrogen) atoms. The second-order valence-corrected chi connectivity index (χ2v) is 9.32. The van der Waals surface area contributed by atoms with Gasteiger partial charge in [0.25, 0.3) is 0 Å². The van der Waals surface area contributed by atoms with E-state index in [-0.39, 0.29) is 6.03 Å². The molecular formula is C24H23BrClN5O. The van der Waals surface area contributed by atoms with Crippen molar-refractivity contribution in [3.63, 3.8) is 0 Å². The molecule has 0 bridgehead atoms. The maximum absolute atomic E-state index is 12.9.